The molecule has 4 rings (SSSR count). The smallest absolute Gasteiger partial charge is 0.354 e. The van der Waals surface area contributed by atoms with Crippen LogP contribution in [0.4, 0.5) is 49.1 Å². The number of nitrogens with one attached hydrogen (secondary N) is 4. The van der Waals surface area contributed by atoms with Crippen LogP contribution in [-0.4, -0.2) is 26.1 Å². The molecule has 0 saturated heterocycles. The first-order chi connectivity index (χ1) is 23.5. The normalized spacial score (nSPS) is 11.8. The number of benzene rings is 4. The van der Waals surface area contributed by atoms with Crippen molar-refractivity contribution in [3.8, 4) is 0 Å². The summed E-state index contributed by atoms with van der Waals surface area (Å²) in [5.74, 6) is -2.45. The third-order valence-electron chi connectivity index (χ3n) is 7.18. The van der Waals surface area contributed by atoms with Gasteiger partial charge in [0.1, 0.15) is 4.90 Å². The molecule has 4 aromatic rings. The Morgan fingerprint density at radius 2 is 1.18 bits per heavy atom. The molecule has 0 saturated carbocycles. The molecule has 0 fully saturated rings. The van der Waals surface area contributed by atoms with E-state index < -0.39 is 56.1 Å². The van der Waals surface area contributed by atoms with Crippen molar-refractivity contribution in [3.05, 3.63) is 113 Å². The maximum Gasteiger partial charge on any atom is 0.416 e. The van der Waals surface area contributed by atoms with Crippen molar-refractivity contribution in [2.24, 2.45) is 0 Å². The second kappa shape index (κ2) is 15.4. The van der Waals surface area contributed by atoms with Crippen LogP contribution in [0.15, 0.2) is 95.9 Å². The van der Waals surface area contributed by atoms with Gasteiger partial charge in [-0.3, -0.25) is 14.4 Å². The molecule has 0 aliphatic heterocycles. The fourth-order valence-corrected chi connectivity index (χ4v) is 5.77. The molecule has 50 heavy (non-hydrogen) atoms. The lowest BCUT2D eigenvalue weighted by atomic mass is 10.1. The number of carbonyl (C=O) groups is 3. The van der Waals surface area contributed by atoms with Crippen molar-refractivity contribution < 1.29 is 49.1 Å². The van der Waals surface area contributed by atoms with Gasteiger partial charge in [-0.25, -0.2) is 13.1 Å². The highest BCUT2D eigenvalue weighted by Crippen LogP contribution is 2.33. The predicted octanol–water partition coefficient (Wildman–Crippen LogP) is 8.36. The number of halogens is 6. The van der Waals surface area contributed by atoms with Gasteiger partial charge in [-0.1, -0.05) is 31.9 Å². The number of amides is 3. The quantitative estimate of drug-likeness (QED) is 0.0859. The molecule has 0 aliphatic rings. The van der Waals surface area contributed by atoms with Crippen molar-refractivity contribution in [1.82, 2.24) is 4.72 Å². The Bertz CT molecular complexity index is 1960. The summed E-state index contributed by atoms with van der Waals surface area (Å²) < 4.78 is 106. The van der Waals surface area contributed by atoms with Crippen LogP contribution in [0.1, 0.15) is 64.4 Å². The minimum absolute atomic E-state index is 0.0184. The van der Waals surface area contributed by atoms with Gasteiger partial charge in [-0.2, -0.15) is 26.3 Å². The summed E-state index contributed by atoms with van der Waals surface area (Å²) in [6, 6.07) is 16.3. The summed E-state index contributed by atoms with van der Waals surface area (Å²) in [5, 5.41) is 7.79. The number of sulfonamides is 1. The van der Waals surface area contributed by atoms with Crippen LogP contribution < -0.4 is 20.7 Å². The number of alkyl halides is 6. The zero-order valence-electron chi connectivity index (χ0n) is 26.2. The summed E-state index contributed by atoms with van der Waals surface area (Å²) in [6.45, 7) is 1.92. The van der Waals surface area contributed by atoms with Crippen LogP contribution in [-0.2, 0) is 27.2 Å². The number of unbranched alkanes of at least 4 members (excludes halogenated alkanes) is 2. The van der Waals surface area contributed by atoms with Crippen LogP contribution in [0.25, 0.3) is 0 Å². The number of carbonyl (C=O) groups excluding carboxylic acids is 3. The Kier molecular flexibility index (Phi) is 11.6. The number of hydrogen-bond donors (Lipinski definition) is 4. The molecule has 9 nitrogen and oxygen atoms in total. The zero-order valence-corrected chi connectivity index (χ0v) is 27.0. The number of hydrogen-bond acceptors (Lipinski definition) is 6. The molecule has 3 amide bonds. The van der Waals surface area contributed by atoms with E-state index in [0.29, 0.717) is 18.6 Å². The minimum atomic E-state index is -4.65. The Hall–Kier alpha value is -5.38. The molecule has 0 aliphatic carbocycles. The van der Waals surface area contributed by atoms with E-state index in [9.17, 15) is 49.1 Å². The molecule has 4 N–H and O–H groups in total. The van der Waals surface area contributed by atoms with E-state index in [4.69, 9.17) is 0 Å². The largest absolute Gasteiger partial charge is 0.416 e. The number of rotatable bonds is 12. The van der Waals surface area contributed by atoms with Gasteiger partial charge in [-0.05, 0) is 85.3 Å². The van der Waals surface area contributed by atoms with Gasteiger partial charge in [0.2, 0.25) is 5.91 Å². The van der Waals surface area contributed by atoms with E-state index in [1.165, 1.54) is 42.5 Å². The first-order valence-electron chi connectivity index (χ1n) is 15.0. The summed E-state index contributed by atoms with van der Waals surface area (Å²) in [5.41, 5.74) is -2.21. The monoisotopic (exact) mass is 720 g/mol. The van der Waals surface area contributed by atoms with E-state index >= 15 is 0 Å². The van der Waals surface area contributed by atoms with Gasteiger partial charge in [0, 0.05) is 23.2 Å². The van der Waals surface area contributed by atoms with Crippen LogP contribution in [0.2, 0.25) is 0 Å². The van der Waals surface area contributed by atoms with E-state index in [2.05, 4.69) is 16.0 Å². The molecule has 4 aromatic carbocycles. The van der Waals surface area contributed by atoms with Gasteiger partial charge >= 0.3 is 12.4 Å². The number of para-hydroxylation sites is 1. The molecule has 264 valence electrons. The molecule has 0 aromatic heterocycles. The second-order valence-electron chi connectivity index (χ2n) is 10.9. The Labute approximate surface area is 283 Å². The van der Waals surface area contributed by atoms with E-state index in [0.717, 1.165) is 49.2 Å². The maximum absolute atomic E-state index is 13.4. The van der Waals surface area contributed by atoms with Gasteiger partial charge in [-0.15, -0.1) is 0 Å². The van der Waals surface area contributed by atoms with Crippen molar-refractivity contribution in [2.75, 3.05) is 16.0 Å². The van der Waals surface area contributed by atoms with E-state index in [1.54, 1.807) is 0 Å². The Morgan fingerprint density at radius 1 is 0.640 bits per heavy atom. The Morgan fingerprint density at radius 3 is 1.78 bits per heavy atom. The van der Waals surface area contributed by atoms with E-state index in [1.807, 2.05) is 11.6 Å². The average Bonchev–Trinajstić information content (AvgIpc) is 3.05. The highest BCUT2D eigenvalue weighted by molar-refractivity contribution is 7.90. The fourth-order valence-electron chi connectivity index (χ4n) is 4.59. The summed E-state index contributed by atoms with van der Waals surface area (Å²) in [7, 11) is -4.40. The summed E-state index contributed by atoms with van der Waals surface area (Å²) in [6.07, 6.45) is -7.22. The van der Waals surface area contributed by atoms with Gasteiger partial charge in [0.25, 0.3) is 21.8 Å². The van der Waals surface area contributed by atoms with Crippen molar-refractivity contribution in [3.63, 3.8) is 0 Å². The average molecular weight is 721 g/mol. The fraction of sp³-hybridized carbons (Fsp3) is 0.206. The summed E-state index contributed by atoms with van der Waals surface area (Å²) >= 11 is 0. The van der Waals surface area contributed by atoms with Gasteiger partial charge < -0.3 is 16.0 Å². The molecule has 0 heterocycles. The molecule has 0 bridgehead atoms. The highest BCUT2D eigenvalue weighted by Gasteiger charge is 2.31. The van der Waals surface area contributed by atoms with Crippen molar-refractivity contribution in [1.29, 1.82) is 0 Å². The van der Waals surface area contributed by atoms with Gasteiger partial charge in [0.05, 0.1) is 28.2 Å². The van der Waals surface area contributed by atoms with Gasteiger partial charge in [0.15, 0.2) is 0 Å². The lowest BCUT2D eigenvalue weighted by molar-refractivity contribution is -0.138. The van der Waals surface area contributed by atoms with E-state index in [-0.39, 0.29) is 40.3 Å². The third kappa shape index (κ3) is 9.84. The lowest BCUT2D eigenvalue weighted by Gasteiger charge is -2.17. The van der Waals surface area contributed by atoms with Crippen molar-refractivity contribution >= 4 is 50.5 Å². The second-order valence-corrected chi connectivity index (χ2v) is 12.6. The minimum Gasteiger partial charge on any atom is -0.354 e. The standard InChI is InChI=1S/C34H30F6N4O5S/c1-2-3-4-9-30(45)44-50(48,49)29-8-6-5-7-27(29)42-32(47)22-12-19-26(41-25-17-15-24(16-18-25)34(38,39)40)28(20-22)43-31(46)21-10-13-23(14-11-21)33(35,36)37/h5-8,10-20,41H,2-4,9H2,1H3,(H,42,47)(H,43,46)(H,44,45). The molecule has 0 atom stereocenters. The predicted molar refractivity (Wildman–Crippen MR) is 174 cm³/mol. The molecule has 16 heteroatoms. The maximum atomic E-state index is 13.4. The number of anilines is 4. The zero-order chi connectivity index (χ0) is 36.7. The third-order valence-corrected chi connectivity index (χ3v) is 8.61. The summed E-state index contributed by atoms with van der Waals surface area (Å²) in [4.78, 5) is 38.3. The Balaban J connectivity index is 1.63. The molecular formula is C34H30F6N4O5S. The highest BCUT2D eigenvalue weighted by atomic mass is 32.2. The first kappa shape index (κ1) is 37.4. The molecule has 0 spiro atoms. The molecule has 0 radical (unpaired) electrons. The van der Waals surface area contributed by atoms with Crippen molar-refractivity contribution in [2.45, 2.75) is 49.9 Å². The lowest BCUT2D eigenvalue weighted by Crippen LogP contribution is -2.31. The van der Waals surface area contributed by atoms with Crippen LogP contribution in [0.5, 0.6) is 0 Å². The first-order valence-corrected chi connectivity index (χ1v) is 16.5. The van der Waals surface area contributed by atoms with Crippen LogP contribution in [0.3, 0.4) is 0 Å². The SMILES string of the molecule is CCCCCC(=O)NS(=O)(=O)c1ccccc1NC(=O)c1ccc(Nc2ccc(C(F)(F)F)cc2)c(NC(=O)c2ccc(C(F)(F)F)cc2)c1. The topological polar surface area (TPSA) is 133 Å². The van der Waals surface area contributed by atoms with Crippen LogP contribution >= 0.6 is 0 Å². The van der Waals surface area contributed by atoms with Crippen LogP contribution in [0, 0.1) is 0 Å². The molecular weight excluding hydrogens is 690 g/mol. The molecule has 0 unspecified atom stereocenters.